The fraction of sp³-hybridized carbons (Fsp3) is 0. The van der Waals surface area contributed by atoms with E-state index in [0.717, 1.165) is 12.1 Å². The third-order valence-corrected chi connectivity index (χ3v) is 4.30. The molecule has 4 aromatic rings. The van der Waals surface area contributed by atoms with Crippen LogP contribution in [0.15, 0.2) is 59.0 Å². The fourth-order valence-electron chi connectivity index (χ4n) is 2.61. The molecule has 8 heteroatoms. The first-order valence-electron chi connectivity index (χ1n) is 8.03. The normalized spacial score (nSPS) is 11.0. The molecule has 0 spiro atoms. The van der Waals surface area contributed by atoms with Crippen molar-refractivity contribution < 1.29 is 22.4 Å². The molecule has 0 bridgehead atoms. The van der Waals surface area contributed by atoms with Gasteiger partial charge in [0.25, 0.3) is 5.91 Å². The largest absolute Gasteiger partial charge is 0.436 e. The van der Waals surface area contributed by atoms with Gasteiger partial charge in [-0.25, -0.2) is 18.2 Å². The van der Waals surface area contributed by atoms with Gasteiger partial charge in [0.1, 0.15) is 11.3 Å². The van der Waals surface area contributed by atoms with Crippen LogP contribution in [0.1, 0.15) is 10.4 Å². The molecule has 3 aromatic carbocycles. The molecule has 0 aliphatic heterocycles. The Morgan fingerprint density at radius 3 is 2.43 bits per heavy atom. The van der Waals surface area contributed by atoms with Crippen LogP contribution in [0, 0.1) is 17.5 Å². The number of oxazole rings is 1. The molecule has 0 saturated heterocycles. The number of nitrogens with one attached hydrogen (secondary N) is 1. The maximum atomic E-state index is 13.5. The molecule has 1 aromatic heterocycles. The standard InChI is InChI=1S/C20H10ClF3N2O2/c21-14-9-16(24)15(23)8-13(14)20-26-17-7-12(5-6-18(17)28-20)25-19(27)10-1-3-11(22)4-2-10/h1-9H,(H,25,27). The molecule has 0 radical (unpaired) electrons. The number of rotatable bonds is 3. The number of fused-ring (bicyclic) bond motifs is 1. The number of hydrogen-bond donors (Lipinski definition) is 1. The number of halogens is 4. The number of aromatic nitrogens is 1. The van der Waals surface area contributed by atoms with Crippen molar-refractivity contribution in [3.05, 3.63) is 82.6 Å². The molecular formula is C20H10ClF3N2O2. The highest BCUT2D eigenvalue weighted by Crippen LogP contribution is 2.32. The van der Waals surface area contributed by atoms with E-state index in [4.69, 9.17) is 16.0 Å². The quantitative estimate of drug-likeness (QED) is 0.439. The van der Waals surface area contributed by atoms with Crippen LogP contribution in [0.5, 0.6) is 0 Å². The highest BCUT2D eigenvalue weighted by Gasteiger charge is 2.16. The molecule has 1 amide bonds. The second-order valence-electron chi connectivity index (χ2n) is 5.91. The summed E-state index contributed by atoms with van der Waals surface area (Å²) in [6.07, 6.45) is 0. The Morgan fingerprint density at radius 2 is 1.68 bits per heavy atom. The maximum absolute atomic E-state index is 13.5. The minimum absolute atomic E-state index is 0.0147. The molecule has 0 unspecified atom stereocenters. The first kappa shape index (κ1) is 18.1. The van der Waals surface area contributed by atoms with Gasteiger partial charge in [-0.3, -0.25) is 4.79 Å². The zero-order valence-corrected chi connectivity index (χ0v) is 14.7. The highest BCUT2D eigenvalue weighted by atomic mass is 35.5. The van der Waals surface area contributed by atoms with Crippen LogP contribution >= 0.6 is 11.6 Å². The molecule has 4 rings (SSSR count). The zero-order valence-electron chi connectivity index (χ0n) is 14.0. The van der Waals surface area contributed by atoms with Crippen molar-refractivity contribution in [2.24, 2.45) is 0 Å². The molecule has 0 saturated carbocycles. The lowest BCUT2D eigenvalue weighted by Crippen LogP contribution is -2.11. The predicted molar refractivity (Wildman–Crippen MR) is 98.7 cm³/mol. The molecule has 0 fully saturated rings. The number of anilines is 1. The van der Waals surface area contributed by atoms with Gasteiger partial charge in [0.2, 0.25) is 5.89 Å². The second kappa shape index (κ2) is 7.01. The first-order valence-corrected chi connectivity index (χ1v) is 8.41. The van der Waals surface area contributed by atoms with Crippen LogP contribution in [0.25, 0.3) is 22.6 Å². The van der Waals surface area contributed by atoms with Crippen molar-refractivity contribution in [2.75, 3.05) is 5.32 Å². The van der Waals surface area contributed by atoms with Gasteiger partial charge in [-0.2, -0.15) is 0 Å². The summed E-state index contributed by atoms with van der Waals surface area (Å²) in [7, 11) is 0. The summed E-state index contributed by atoms with van der Waals surface area (Å²) in [4.78, 5) is 16.5. The maximum Gasteiger partial charge on any atom is 0.255 e. The Bertz CT molecular complexity index is 1210. The summed E-state index contributed by atoms with van der Waals surface area (Å²) in [5.74, 6) is -3.00. The number of benzene rings is 3. The number of nitrogens with zero attached hydrogens (tertiary/aromatic N) is 1. The third kappa shape index (κ3) is 3.44. The van der Waals surface area contributed by atoms with Gasteiger partial charge >= 0.3 is 0 Å². The van der Waals surface area contributed by atoms with E-state index in [1.54, 1.807) is 18.2 Å². The average molecular weight is 403 g/mol. The summed E-state index contributed by atoms with van der Waals surface area (Å²) in [6.45, 7) is 0. The van der Waals surface area contributed by atoms with Crippen molar-refractivity contribution in [2.45, 2.75) is 0 Å². The lowest BCUT2D eigenvalue weighted by Gasteiger charge is -2.04. The Hall–Kier alpha value is -3.32. The molecular weight excluding hydrogens is 393 g/mol. The van der Waals surface area contributed by atoms with Crippen LogP contribution in [-0.2, 0) is 0 Å². The van der Waals surface area contributed by atoms with E-state index in [2.05, 4.69) is 10.3 Å². The van der Waals surface area contributed by atoms with Gasteiger partial charge in [-0.1, -0.05) is 11.6 Å². The van der Waals surface area contributed by atoms with Crippen molar-refractivity contribution in [3.63, 3.8) is 0 Å². The number of carbonyl (C=O) groups excluding carboxylic acids is 1. The summed E-state index contributed by atoms with van der Waals surface area (Å²) in [5.41, 5.74) is 1.57. The number of carbonyl (C=O) groups is 1. The summed E-state index contributed by atoms with van der Waals surface area (Å²) < 4.78 is 45.3. The predicted octanol–water partition coefficient (Wildman–Crippen LogP) is 5.82. The Kier molecular flexibility index (Phi) is 4.52. The molecule has 0 aliphatic rings. The van der Waals surface area contributed by atoms with Crippen LogP contribution in [-0.4, -0.2) is 10.9 Å². The summed E-state index contributed by atoms with van der Waals surface area (Å²) in [5, 5.41) is 2.62. The van der Waals surface area contributed by atoms with Crippen LogP contribution < -0.4 is 5.32 Å². The SMILES string of the molecule is O=C(Nc1ccc2oc(-c3cc(F)c(F)cc3Cl)nc2c1)c1ccc(F)cc1. The monoisotopic (exact) mass is 402 g/mol. The summed E-state index contributed by atoms with van der Waals surface area (Å²) in [6, 6.07) is 11.6. The number of hydrogen-bond acceptors (Lipinski definition) is 3. The topological polar surface area (TPSA) is 55.1 Å². The van der Waals surface area contributed by atoms with Crippen molar-refractivity contribution >= 4 is 34.3 Å². The fourth-order valence-corrected chi connectivity index (χ4v) is 2.84. The molecule has 0 atom stereocenters. The number of amides is 1. The van der Waals surface area contributed by atoms with E-state index >= 15 is 0 Å². The van der Waals surface area contributed by atoms with Crippen LogP contribution in [0.2, 0.25) is 5.02 Å². The van der Waals surface area contributed by atoms with Crippen LogP contribution in [0.3, 0.4) is 0 Å². The van der Waals surface area contributed by atoms with E-state index in [1.807, 2.05) is 0 Å². The van der Waals surface area contributed by atoms with Gasteiger partial charge < -0.3 is 9.73 Å². The molecule has 1 heterocycles. The Morgan fingerprint density at radius 1 is 0.964 bits per heavy atom. The molecule has 1 N–H and O–H groups in total. The molecule has 140 valence electrons. The van der Waals surface area contributed by atoms with Crippen LogP contribution in [0.4, 0.5) is 18.9 Å². The average Bonchev–Trinajstić information content (AvgIpc) is 3.08. The van der Waals surface area contributed by atoms with Gasteiger partial charge in [-0.15, -0.1) is 0 Å². The molecule has 4 nitrogen and oxygen atoms in total. The van der Waals surface area contributed by atoms with Gasteiger partial charge in [0.05, 0.1) is 10.6 Å². The lowest BCUT2D eigenvalue weighted by molar-refractivity contribution is 0.102. The third-order valence-electron chi connectivity index (χ3n) is 3.99. The van der Waals surface area contributed by atoms with Crippen molar-refractivity contribution in [3.8, 4) is 11.5 Å². The van der Waals surface area contributed by atoms with E-state index in [0.29, 0.717) is 16.8 Å². The van der Waals surface area contributed by atoms with E-state index in [-0.39, 0.29) is 22.0 Å². The van der Waals surface area contributed by atoms with Gasteiger partial charge in [0, 0.05) is 11.3 Å². The van der Waals surface area contributed by atoms with E-state index in [1.165, 1.54) is 24.3 Å². The van der Waals surface area contributed by atoms with Gasteiger partial charge in [-0.05, 0) is 54.6 Å². The van der Waals surface area contributed by atoms with Crippen molar-refractivity contribution in [1.82, 2.24) is 4.98 Å². The van der Waals surface area contributed by atoms with E-state index < -0.39 is 23.4 Å². The second-order valence-corrected chi connectivity index (χ2v) is 6.32. The zero-order chi connectivity index (χ0) is 19.8. The van der Waals surface area contributed by atoms with Gasteiger partial charge in [0.15, 0.2) is 17.2 Å². The smallest absolute Gasteiger partial charge is 0.255 e. The van der Waals surface area contributed by atoms with E-state index in [9.17, 15) is 18.0 Å². The first-order chi connectivity index (χ1) is 13.4. The molecule has 28 heavy (non-hydrogen) atoms. The summed E-state index contributed by atoms with van der Waals surface area (Å²) >= 11 is 5.95. The minimum atomic E-state index is -1.08. The lowest BCUT2D eigenvalue weighted by atomic mass is 10.2. The minimum Gasteiger partial charge on any atom is -0.436 e. The highest BCUT2D eigenvalue weighted by molar-refractivity contribution is 6.33. The van der Waals surface area contributed by atoms with Crippen molar-refractivity contribution in [1.29, 1.82) is 0 Å². The Balaban J connectivity index is 1.64. The Labute approximate surface area is 161 Å². The molecule has 0 aliphatic carbocycles.